The Morgan fingerprint density at radius 3 is 2.27 bits per heavy atom. The molecule has 0 N–H and O–H groups in total. The van der Waals surface area contributed by atoms with Gasteiger partial charge < -0.3 is 9.47 Å². The topological polar surface area (TPSA) is 35.5 Å². The van der Waals surface area contributed by atoms with Gasteiger partial charge in [-0.25, -0.2) is 4.79 Å². The number of hydrogen-bond donors (Lipinski definition) is 0. The molecule has 0 fully saturated rings. The number of hydrogen-bond acceptors (Lipinski definition) is 3. The van der Waals surface area contributed by atoms with E-state index in [9.17, 15) is 4.79 Å². The molecule has 0 saturated heterocycles. The predicted octanol–water partition coefficient (Wildman–Crippen LogP) is 6.26. The Morgan fingerprint density at radius 2 is 1.69 bits per heavy atom. The van der Waals surface area contributed by atoms with Gasteiger partial charge in [0.15, 0.2) is 0 Å². The molecular weight excluding hydrogens is 324 g/mol. The summed E-state index contributed by atoms with van der Waals surface area (Å²) in [4.78, 5) is 12.9. The number of ether oxygens (including phenoxy) is 2. The van der Waals surface area contributed by atoms with Crippen molar-refractivity contribution in [2.75, 3.05) is 6.61 Å². The van der Waals surface area contributed by atoms with Crippen molar-refractivity contribution in [1.82, 2.24) is 0 Å². The molecule has 0 amide bonds. The van der Waals surface area contributed by atoms with E-state index >= 15 is 0 Å². The van der Waals surface area contributed by atoms with Crippen molar-refractivity contribution in [3.05, 3.63) is 52.8 Å². The molecular formula is C23H32O3. The maximum Gasteiger partial charge on any atom is 0.338 e. The summed E-state index contributed by atoms with van der Waals surface area (Å²) in [7, 11) is 0. The maximum atomic E-state index is 12.9. The first-order chi connectivity index (χ1) is 12.7. The molecule has 26 heavy (non-hydrogen) atoms. The lowest BCUT2D eigenvalue weighted by atomic mass is 9.80. The number of esters is 1. The second-order valence-corrected chi connectivity index (χ2v) is 6.72. The molecule has 0 saturated carbocycles. The van der Waals surface area contributed by atoms with Gasteiger partial charge in [0.05, 0.1) is 12.2 Å². The van der Waals surface area contributed by atoms with Gasteiger partial charge in [-0.05, 0) is 31.8 Å². The first-order valence-electron chi connectivity index (χ1n) is 10.0. The normalized spacial score (nSPS) is 17.3. The zero-order valence-corrected chi connectivity index (χ0v) is 16.6. The zero-order chi connectivity index (χ0) is 18.9. The minimum atomic E-state index is -0.242. The average molecular weight is 357 g/mol. The van der Waals surface area contributed by atoms with Crippen molar-refractivity contribution < 1.29 is 14.3 Å². The van der Waals surface area contributed by atoms with Crippen LogP contribution in [0.2, 0.25) is 0 Å². The smallest absolute Gasteiger partial charge is 0.338 e. The Bertz CT molecular complexity index is 655. The average Bonchev–Trinajstić information content (AvgIpc) is 2.65. The summed E-state index contributed by atoms with van der Waals surface area (Å²) in [6, 6.07) is 9.95. The molecule has 0 aliphatic carbocycles. The lowest BCUT2D eigenvalue weighted by Gasteiger charge is -2.32. The highest BCUT2D eigenvalue weighted by atomic mass is 16.5. The summed E-state index contributed by atoms with van der Waals surface area (Å²) in [5, 5.41) is 0. The van der Waals surface area contributed by atoms with E-state index in [4.69, 9.17) is 9.47 Å². The molecule has 0 radical (unpaired) electrons. The standard InChI is InChI=1S/C23H32O3/c1-5-12-18-19(13-6-2)21(23(24)25-8-4)22(26-20(18)14-7-3)17-15-10-9-11-16-17/h9-11,15-16,19H,5-8,12-14H2,1-4H3. The Hall–Kier alpha value is -2.03. The third kappa shape index (κ3) is 4.57. The number of allylic oxidation sites excluding steroid dienone is 2. The largest absolute Gasteiger partial charge is 0.463 e. The van der Waals surface area contributed by atoms with Crippen LogP contribution in [0, 0.1) is 5.92 Å². The first-order valence-corrected chi connectivity index (χ1v) is 10.0. The third-order valence-electron chi connectivity index (χ3n) is 4.70. The van der Waals surface area contributed by atoms with Crippen molar-refractivity contribution in [3.63, 3.8) is 0 Å². The highest BCUT2D eigenvalue weighted by molar-refractivity contribution is 5.98. The molecule has 1 aromatic carbocycles. The van der Waals surface area contributed by atoms with Gasteiger partial charge in [0, 0.05) is 17.9 Å². The Balaban J connectivity index is 2.61. The van der Waals surface area contributed by atoms with Crippen molar-refractivity contribution in [2.45, 2.75) is 66.2 Å². The van der Waals surface area contributed by atoms with Gasteiger partial charge in [0.2, 0.25) is 0 Å². The lowest BCUT2D eigenvalue weighted by molar-refractivity contribution is -0.139. The summed E-state index contributed by atoms with van der Waals surface area (Å²) in [6.07, 6.45) is 5.90. The van der Waals surface area contributed by atoms with Crippen LogP contribution < -0.4 is 0 Å². The van der Waals surface area contributed by atoms with E-state index < -0.39 is 0 Å². The highest BCUT2D eigenvalue weighted by Gasteiger charge is 2.35. The molecule has 142 valence electrons. The fourth-order valence-corrected chi connectivity index (χ4v) is 3.65. The Morgan fingerprint density at radius 1 is 1.00 bits per heavy atom. The van der Waals surface area contributed by atoms with E-state index in [-0.39, 0.29) is 11.9 Å². The van der Waals surface area contributed by atoms with Crippen LogP contribution in [0.1, 0.15) is 71.8 Å². The second-order valence-electron chi connectivity index (χ2n) is 6.72. The van der Waals surface area contributed by atoms with E-state index in [0.29, 0.717) is 17.9 Å². The predicted molar refractivity (Wildman–Crippen MR) is 106 cm³/mol. The maximum absolute atomic E-state index is 12.9. The first kappa shape index (κ1) is 20.3. The Kier molecular flexibility index (Phi) is 7.96. The molecule has 0 spiro atoms. The number of benzene rings is 1. The van der Waals surface area contributed by atoms with Crippen molar-refractivity contribution in [2.24, 2.45) is 5.92 Å². The lowest BCUT2D eigenvalue weighted by Crippen LogP contribution is -2.25. The summed E-state index contributed by atoms with van der Waals surface area (Å²) >= 11 is 0. The molecule has 0 aromatic heterocycles. The van der Waals surface area contributed by atoms with E-state index in [2.05, 4.69) is 20.8 Å². The Labute approximate surface area is 158 Å². The minimum absolute atomic E-state index is 0.0875. The van der Waals surface area contributed by atoms with E-state index in [1.165, 1.54) is 5.57 Å². The van der Waals surface area contributed by atoms with Gasteiger partial charge in [-0.3, -0.25) is 0 Å². The van der Waals surface area contributed by atoms with Gasteiger partial charge in [-0.1, -0.05) is 63.9 Å². The van der Waals surface area contributed by atoms with Crippen molar-refractivity contribution in [1.29, 1.82) is 0 Å². The number of carbonyl (C=O) groups excluding carboxylic acids is 1. The van der Waals surface area contributed by atoms with Crippen LogP contribution in [0.25, 0.3) is 5.76 Å². The van der Waals surface area contributed by atoms with Crippen molar-refractivity contribution >= 4 is 11.7 Å². The highest BCUT2D eigenvalue weighted by Crippen LogP contribution is 2.43. The molecule has 1 aliphatic rings. The molecule has 1 heterocycles. The number of rotatable bonds is 9. The number of carbonyl (C=O) groups is 1. The summed E-state index contributed by atoms with van der Waals surface area (Å²) in [5.74, 6) is 1.59. The zero-order valence-electron chi connectivity index (χ0n) is 16.6. The van der Waals surface area contributed by atoms with Crippen LogP contribution in [-0.2, 0) is 14.3 Å². The van der Waals surface area contributed by atoms with E-state index in [1.54, 1.807) is 0 Å². The fraction of sp³-hybridized carbons (Fsp3) is 0.522. The molecule has 0 bridgehead atoms. The van der Waals surface area contributed by atoms with Gasteiger partial charge in [-0.15, -0.1) is 0 Å². The quantitative estimate of drug-likeness (QED) is 0.490. The summed E-state index contributed by atoms with van der Waals surface area (Å²) in [5.41, 5.74) is 2.93. The van der Waals surface area contributed by atoms with Gasteiger partial charge in [0.1, 0.15) is 11.5 Å². The molecule has 2 rings (SSSR count). The monoisotopic (exact) mass is 356 g/mol. The van der Waals surface area contributed by atoms with Gasteiger partial charge >= 0.3 is 5.97 Å². The van der Waals surface area contributed by atoms with Crippen LogP contribution in [0.15, 0.2) is 47.2 Å². The van der Waals surface area contributed by atoms with Crippen LogP contribution in [0.5, 0.6) is 0 Å². The van der Waals surface area contributed by atoms with Crippen LogP contribution in [0.4, 0.5) is 0 Å². The summed E-state index contributed by atoms with van der Waals surface area (Å²) < 4.78 is 11.8. The fourth-order valence-electron chi connectivity index (χ4n) is 3.65. The molecule has 1 aliphatic heterocycles. The molecule has 1 aromatic rings. The summed E-state index contributed by atoms with van der Waals surface area (Å²) in [6.45, 7) is 8.74. The van der Waals surface area contributed by atoms with Crippen LogP contribution in [-0.4, -0.2) is 12.6 Å². The van der Waals surface area contributed by atoms with E-state index in [0.717, 1.165) is 49.8 Å². The molecule has 3 nitrogen and oxygen atoms in total. The molecule has 3 heteroatoms. The van der Waals surface area contributed by atoms with Crippen LogP contribution in [0.3, 0.4) is 0 Å². The molecule has 1 unspecified atom stereocenters. The van der Waals surface area contributed by atoms with Crippen LogP contribution >= 0.6 is 0 Å². The van der Waals surface area contributed by atoms with Gasteiger partial charge in [-0.2, -0.15) is 0 Å². The minimum Gasteiger partial charge on any atom is -0.463 e. The SMILES string of the molecule is CCCC1=C(CCC)C(CCC)C(C(=O)OCC)=C(c2ccccc2)O1. The third-order valence-corrected chi connectivity index (χ3v) is 4.70. The van der Waals surface area contributed by atoms with Gasteiger partial charge in [0.25, 0.3) is 0 Å². The second kappa shape index (κ2) is 10.2. The van der Waals surface area contributed by atoms with Crippen molar-refractivity contribution in [3.8, 4) is 0 Å². The molecule has 1 atom stereocenters. The van der Waals surface area contributed by atoms with E-state index in [1.807, 2.05) is 37.3 Å².